The van der Waals surface area contributed by atoms with Crippen molar-refractivity contribution in [1.82, 2.24) is 0 Å². The van der Waals surface area contributed by atoms with Gasteiger partial charge in [-0.05, 0) is 36.8 Å². The molecule has 1 aliphatic rings. The van der Waals surface area contributed by atoms with Crippen LogP contribution in [-0.2, 0) is 9.59 Å². The highest BCUT2D eigenvalue weighted by molar-refractivity contribution is 6.46. The Labute approximate surface area is 192 Å². The maximum absolute atomic E-state index is 13.5. The summed E-state index contributed by atoms with van der Waals surface area (Å²) >= 11 is 0. The number of carbonyl (C=O) groups excluding carboxylic acids is 2. The standard InChI is InChI=1S/C26H24N2O5/c1-4-33-20-12-10-17(11-13-20)23-24(27-18-14-21(31-2)16-22(15-18)32-3)26(30)28(25(23)29)19-8-6-5-7-9-19/h5-16,27H,4H2,1-3H3. The Morgan fingerprint density at radius 1 is 0.788 bits per heavy atom. The molecular weight excluding hydrogens is 420 g/mol. The monoisotopic (exact) mass is 444 g/mol. The van der Waals surface area contributed by atoms with Crippen LogP contribution in [0.1, 0.15) is 12.5 Å². The van der Waals surface area contributed by atoms with E-state index in [0.717, 1.165) is 0 Å². The fraction of sp³-hybridized carbons (Fsp3) is 0.154. The van der Waals surface area contributed by atoms with Crippen LogP contribution in [0.2, 0.25) is 0 Å². The maximum Gasteiger partial charge on any atom is 0.282 e. The molecule has 3 aromatic carbocycles. The van der Waals surface area contributed by atoms with E-state index in [1.807, 2.05) is 13.0 Å². The highest BCUT2D eigenvalue weighted by Gasteiger charge is 2.40. The first-order valence-corrected chi connectivity index (χ1v) is 10.5. The molecule has 0 fully saturated rings. The zero-order valence-corrected chi connectivity index (χ0v) is 18.6. The number of anilines is 2. The summed E-state index contributed by atoms with van der Waals surface area (Å²) < 4.78 is 16.2. The van der Waals surface area contributed by atoms with Crippen molar-refractivity contribution in [3.8, 4) is 17.2 Å². The van der Waals surface area contributed by atoms with E-state index in [4.69, 9.17) is 14.2 Å². The van der Waals surface area contributed by atoms with Crippen LogP contribution in [0.5, 0.6) is 17.2 Å². The van der Waals surface area contributed by atoms with E-state index < -0.39 is 11.8 Å². The molecule has 3 aromatic rings. The van der Waals surface area contributed by atoms with Crippen molar-refractivity contribution >= 4 is 28.8 Å². The van der Waals surface area contributed by atoms with E-state index in [1.165, 1.54) is 4.90 Å². The van der Waals surface area contributed by atoms with Crippen LogP contribution in [0.3, 0.4) is 0 Å². The summed E-state index contributed by atoms with van der Waals surface area (Å²) in [5.74, 6) is 0.934. The molecule has 0 atom stereocenters. The zero-order chi connectivity index (χ0) is 23.4. The van der Waals surface area contributed by atoms with Gasteiger partial charge >= 0.3 is 0 Å². The van der Waals surface area contributed by atoms with Crippen LogP contribution in [0.4, 0.5) is 11.4 Å². The van der Waals surface area contributed by atoms with Gasteiger partial charge in [0.25, 0.3) is 11.8 Å². The first-order chi connectivity index (χ1) is 16.0. The molecule has 1 heterocycles. The molecule has 0 aliphatic carbocycles. The minimum absolute atomic E-state index is 0.170. The highest BCUT2D eigenvalue weighted by Crippen LogP contribution is 2.35. The van der Waals surface area contributed by atoms with Gasteiger partial charge in [-0.1, -0.05) is 30.3 Å². The maximum atomic E-state index is 13.5. The number of nitrogens with one attached hydrogen (secondary N) is 1. The van der Waals surface area contributed by atoms with Gasteiger partial charge in [-0.2, -0.15) is 0 Å². The van der Waals surface area contributed by atoms with Gasteiger partial charge in [0.2, 0.25) is 0 Å². The molecule has 1 N–H and O–H groups in total. The largest absolute Gasteiger partial charge is 0.497 e. The lowest BCUT2D eigenvalue weighted by molar-refractivity contribution is -0.120. The molecule has 0 unspecified atom stereocenters. The number of amides is 2. The van der Waals surface area contributed by atoms with Crippen LogP contribution in [0, 0.1) is 0 Å². The second-order valence-electron chi connectivity index (χ2n) is 7.21. The fourth-order valence-corrected chi connectivity index (χ4v) is 3.63. The van der Waals surface area contributed by atoms with Gasteiger partial charge in [0.15, 0.2) is 0 Å². The number of hydrogen-bond acceptors (Lipinski definition) is 6. The van der Waals surface area contributed by atoms with Crippen molar-refractivity contribution in [3.05, 3.63) is 84.1 Å². The summed E-state index contributed by atoms with van der Waals surface area (Å²) in [5.41, 5.74) is 2.10. The number of nitrogens with zero attached hydrogens (tertiary/aromatic N) is 1. The summed E-state index contributed by atoms with van der Waals surface area (Å²) in [6.07, 6.45) is 0. The molecule has 0 saturated carbocycles. The first-order valence-electron chi connectivity index (χ1n) is 10.5. The van der Waals surface area contributed by atoms with E-state index in [9.17, 15) is 9.59 Å². The molecule has 0 bridgehead atoms. The van der Waals surface area contributed by atoms with E-state index in [2.05, 4.69) is 5.32 Å². The van der Waals surface area contributed by atoms with Crippen molar-refractivity contribution in [2.75, 3.05) is 31.0 Å². The Hall–Kier alpha value is -4.26. The summed E-state index contributed by atoms with van der Waals surface area (Å²) in [7, 11) is 3.09. The van der Waals surface area contributed by atoms with Crippen LogP contribution in [0.25, 0.3) is 5.57 Å². The Balaban J connectivity index is 1.80. The Kier molecular flexibility index (Phi) is 6.31. The number of ether oxygens (including phenoxy) is 3. The number of carbonyl (C=O) groups is 2. The molecule has 4 rings (SSSR count). The minimum Gasteiger partial charge on any atom is -0.497 e. The van der Waals surface area contributed by atoms with Crippen LogP contribution >= 0.6 is 0 Å². The smallest absolute Gasteiger partial charge is 0.282 e. The molecule has 7 nitrogen and oxygen atoms in total. The van der Waals surface area contributed by atoms with Crippen LogP contribution in [-0.4, -0.2) is 32.6 Å². The van der Waals surface area contributed by atoms with E-state index in [-0.39, 0.29) is 11.3 Å². The van der Waals surface area contributed by atoms with Crippen molar-refractivity contribution in [3.63, 3.8) is 0 Å². The third-order valence-corrected chi connectivity index (χ3v) is 5.17. The topological polar surface area (TPSA) is 77.1 Å². The summed E-state index contributed by atoms with van der Waals surface area (Å²) in [6.45, 7) is 2.43. The quantitative estimate of drug-likeness (QED) is 0.516. The van der Waals surface area contributed by atoms with Crippen molar-refractivity contribution in [2.24, 2.45) is 0 Å². The number of methoxy groups -OCH3 is 2. The highest BCUT2D eigenvalue weighted by atomic mass is 16.5. The predicted molar refractivity (Wildman–Crippen MR) is 127 cm³/mol. The lowest BCUT2D eigenvalue weighted by atomic mass is 10.0. The van der Waals surface area contributed by atoms with Crippen LogP contribution < -0.4 is 24.4 Å². The van der Waals surface area contributed by atoms with Crippen LogP contribution in [0.15, 0.2) is 78.5 Å². The normalized spacial score (nSPS) is 13.4. The third-order valence-electron chi connectivity index (χ3n) is 5.17. The molecular formula is C26H24N2O5. The fourth-order valence-electron chi connectivity index (χ4n) is 3.63. The minimum atomic E-state index is -0.447. The van der Waals surface area contributed by atoms with Gasteiger partial charge in [0.05, 0.1) is 32.1 Å². The average Bonchev–Trinajstić information content (AvgIpc) is 3.09. The zero-order valence-electron chi connectivity index (χ0n) is 18.6. The molecule has 2 amide bonds. The average molecular weight is 444 g/mol. The molecule has 33 heavy (non-hydrogen) atoms. The summed E-state index contributed by atoms with van der Waals surface area (Å²) in [4.78, 5) is 28.2. The lowest BCUT2D eigenvalue weighted by Gasteiger charge is -2.15. The SMILES string of the molecule is CCOc1ccc(C2=C(Nc3cc(OC)cc(OC)c3)C(=O)N(c3ccccc3)C2=O)cc1. The molecule has 0 radical (unpaired) electrons. The molecule has 168 valence electrons. The van der Waals surface area contributed by atoms with E-state index in [0.29, 0.717) is 40.8 Å². The van der Waals surface area contributed by atoms with E-state index >= 15 is 0 Å². The van der Waals surface area contributed by atoms with Crippen molar-refractivity contribution in [1.29, 1.82) is 0 Å². The first kappa shape index (κ1) is 22.0. The van der Waals surface area contributed by atoms with Gasteiger partial charge in [0, 0.05) is 23.9 Å². The molecule has 0 saturated heterocycles. The van der Waals surface area contributed by atoms with Gasteiger partial charge < -0.3 is 19.5 Å². The third kappa shape index (κ3) is 4.39. The second-order valence-corrected chi connectivity index (χ2v) is 7.21. The summed E-state index contributed by atoms with van der Waals surface area (Å²) in [6, 6.07) is 21.1. The number of rotatable bonds is 8. The van der Waals surface area contributed by atoms with Crippen molar-refractivity contribution < 1.29 is 23.8 Å². The number of imide groups is 1. The summed E-state index contributed by atoms with van der Waals surface area (Å²) in [5, 5.41) is 3.13. The molecule has 1 aliphatic heterocycles. The molecule has 7 heteroatoms. The second kappa shape index (κ2) is 9.48. The molecule has 0 spiro atoms. The molecule has 0 aromatic heterocycles. The van der Waals surface area contributed by atoms with Crippen molar-refractivity contribution in [2.45, 2.75) is 6.92 Å². The Bertz CT molecular complexity index is 1180. The van der Waals surface area contributed by atoms with E-state index in [1.54, 1.807) is 80.9 Å². The number of hydrogen-bond donors (Lipinski definition) is 1. The Morgan fingerprint density at radius 2 is 1.42 bits per heavy atom. The van der Waals surface area contributed by atoms with Gasteiger partial charge in [-0.15, -0.1) is 0 Å². The number of benzene rings is 3. The predicted octanol–water partition coefficient (Wildman–Crippen LogP) is 4.50. The lowest BCUT2D eigenvalue weighted by Crippen LogP contribution is -2.32. The van der Waals surface area contributed by atoms with Gasteiger partial charge in [-0.25, -0.2) is 4.90 Å². The Morgan fingerprint density at radius 3 is 2.00 bits per heavy atom. The number of para-hydroxylation sites is 1. The van der Waals surface area contributed by atoms with Gasteiger partial charge in [0.1, 0.15) is 22.9 Å². The van der Waals surface area contributed by atoms with Gasteiger partial charge in [-0.3, -0.25) is 9.59 Å².